The van der Waals surface area contributed by atoms with E-state index in [4.69, 9.17) is 17.2 Å². The maximum atomic E-state index is 12.2. The number of nitrogens with zero attached hydrogens (tertiary/aromatic N) is 1. The summed E-state index contributed by atoms with van der Waals surface area (Å²) in [6, 6.07) is 18.9. The molecule has 31 heavy (non-hydrogen) atoms. The predicted octanol–water partition coefficient (Wildman–Crippen LogP) is 0.121. The molecule has 0 radical (unpaired) electrons. The van der Waals surface area contributed by atoms with Crippen LogP contribution in [-0.2, 0) is 22.4 Å². The van der Waals surface area contributed by atoms with Gasteiger partial charge in [0.15, 0.2) is 0 Å². The van der Waals surface area contributed by atoms with Crippen LogP contribution in [0.4, 0.5) is 5.82 Å². The third-order valence-corrected chi connectivity index (χ3v) is 4.27. The number of hydrogen-bond donors (Lipinski definition) is 5. The molecule has 0 bridgehead atoms. The monoisotopic (exact) mass is 422 g/mol. The molecule has 3 rings (SSSR count). The maximum absolute atomic E-state index is 12.2. The van der Waals surface area contributed by atoms with Crippen LogP contribution < -0.4 is 28.2 Å². The number of anilines is 1. The van der Waals surface area contributed by atoms with Crippen molar-refractivity contribution >= 4 is 17.6 Å². The number of nitrogens with one attached hydrogen (secondary N) is 2. The molecule has 0 saturated carbocycles. The lowest BCUT2D eigenvalue weighted by atomic mass is 10.0. The van der Waals surface area contributed by atoms with Crippen LogP contribution in [0.5, 0.6) is 0 Å². The number of primary amides is 1. The number of H-pyrrole nitrogens is 1. The van der Waals surface area contributed by atoms with Gasteiger partial charge in [-0.2, -0.15) is 0 Å². The molecular formula is C22H26N6O3. The standard InChI is InChI=1S/C18H21N3O2.C4H5N3O/c19-15(11-13-7-3-1-4-8-13)18(23)21-16(17(20)22)12-14-9-5-2-6-10-14;5-3-1-2-6-4(8)7-3/h1-10,15-16H,11-12,19H2,(H2,20,22)(H,21,23);1-2H,(H3,5,6,7,8)/t15-,16-;/m0./s1. The molecule has 2 atom stereocenters. The van der Waals surface area contributed by atoms with Gasteiger partial charge in [-0.1, -0.05) is 60.7 Å². The lowest BCUT2D eigenvalue weighted by Crippen LogP contribution is -2.51. The molecule has 9 nitrogen and oxygen atoms in total. The quantitative estimate of drug-likeness (QED) is 0.362. The zero-order valence-corrected chi connectivity index (χ0v) is 16.9. The molecular weight excluding hydrogens is 396 g/mol. The van der Waals surface area contributed by atoms with E-state index in [0.29, 0.717) is 18.7 Å². The lowest BCUT2D eigenvalue weighted by molar-refractivity contribution is -0.128. The van der Waals surface area contributed by atoms with Crippen LogP contribution in [0.3, 0.4) is 0 Å². The van der Waals surface area contributed by atoms with Gasteiger partial charge in [0.25, 0.3) is 0 Å². The average molecular weight is 422 g/mol. The van der Waals surface area contributed by atoms with Crippen molar-refractivity contribution < 1.29 is 9.59 Å². The zero-order valence-electron chi connectivity index (χ0n) is 16.9. The smallest absolute Gasteiger partial charge is 0.346 e. The second kappa shape index (κ2) is 11.9. The second-order valence-electron chi connectivity index (χ2n) is 6.78. The van der Waals surface area contributed by atoms with E-state index in [1.165, 1.54) is 12.3 Å². The molecule has 9 heteroatoms. The summed E-state index contributed by atoms with van der Waals surface area (Å²) in [5, 5.41) is 2.65. The van der Waals surface area contributed by atoms with Crippen LogP contribution >= 0.6 is 0 Å². The highest BCUT2D eigenvalue weighted by atomic mass is 16.2. The van der Waals surface area contributed by atoms with E-state index in [1.54, 1.807) is 0 Å². The number of aromatic amines is 1. The Morgan fingerprint density at radius 1 is 0.935 bits per heavy atom. The summed E-state index contributed by atoms with van der Waals surface area (Å²) in [6.07, 6.45) is 2.11. The van der Waals surface area contributed by atoms with Gasteiger partial charge in [0.2, 0.25) is 11.8 Å². The number of carbonyl (C=O) groups excluding carboxylic acids is 2. The van der Waals surface area contributed by atoms with Crippen LogP contribution in [0, 0.1) is 0 Å². The molecule has 0 aliphatic heterocycles. The van der Waals surface area contributed by atoms with Gasteiger partial charge in [-0.05, 0) is 23.6 Å². The Labute approximate surface area is 179 Å². The molecule has 0 aliphatic rings. The minimum absolute atomic E-state index is 0.338. The SMILES string of the molecule is NC(=O)[C@H](Cc1ccccc1)NC(=O)[C@@H](N)Cc1ccccc1.Nc1ccnc(=O)[nH]1. The number of aromatic nitrogens is 2. The highest BCUT2D eigenvalue weighted by Crippen LogP contribution is 2.05. The molecule has 2 aromatic carbocycles. The molecule has 0 saturated heterocycles. The van der Waals surface area contributed by atoms with Crippen molar-refractivity contribution in [3.63, 3.8) is 0 Å². The third-order valence-electron chi connectivity index (χ3n) is 4.27. The molecule has 0 spiro atoms. The van der Waals surface area contributed by atoms with Crippen LogP contribution in [0.25, 0.3) is 0 Å². The van der Waals surface area contributed by atoms with E-state index in [1.807, 2.05) is 60.7 Å². The summed E-state index contributed by atoms with van der Waals surface area (Å²) < 4.78 is 0. The Morgan fingerprint density at radius 2 is 1.48 bits per heavy atom. The number of nitrogens with two attached hydrogens (primary N) is 3. The van der Waals surface area contributed by atoms with E-state index >= 15 is 0 Å². The zero-order chi connectivity index (χ0) is 22.6. The lowest BCUT2D eigenvalue weighted by Gasteiger charge is -2.18. The Kier molecular flexibility index (Phi) is 8.93. The summed E-state index contributed by atoms with van der Waals surface area (Å²) in [4.78, 5) is 39.7. The minimum atomic E-state index is -0.772. The van der Waals surface area contributed by atoms with E-state index in [9.17, 15) is 14.4 Å². The van der Waals surface area contributed by atoms with Crippen molar-refractivity contribution in [2.45, 2.75) is 24.9 Å². The summed E-state index contributed by atoms with van der Waals surface area (Å²) >= 11 is 0. The molecule has 8 N–H and O–H groups in total. The van der Waals surface area contributed by atoms with E-state index in [0.717, 1.165) is 11.1 Å². The van der Waals surface area contributed by atoms with Gasteiger partial charge in [0.05, 0.1) is 6.04 Å². The number of rotatable bonds is 7. The van der Waals surface area contributed by atoms with Crippen molar-refractivity contribution in [3.05, 3.63) is 94.5 Å². The molecule has 0 aliphatic carbocycles. The Hall–Kier alpha value is -3.98. The minimum Gasteiger partial charge on any atom is -0.385 e. The fraction of sp³-hybridized carbons (Fsp3) is 0.182. The van der Waals surface area contributed by atoms with Crippen molar-refractivity contribution in [1.82, 2.24) is 15.3 Å². The summed E-state index contributed by atoms with van der Waals surface area (Å²) in [7, 11) is 0. The highest BCUT2D eigenvalue weighted by Gasteiger charge is 2.22. The average Bonchev–Trinajstić information content (AvgIpc) is 2.75. The first kappa shape index (κ1) is 23.3. The van der Waals surface area contributed by atoms with Crippen LogP contribution in [0.15, 0.2) is 77.7 Å². The van der Waals surface area contributed by atoms with Gasteiger partial charge in [-0.25, -0.2) is 9.78 Å². The summed E-state index contributed by atoms with van der Waals surface area (Å²) in [5.74, 6) is -0.618. The first-order valence-electron chi connectivity index (χ1n) is 9.59. The first-order valence-corrected chi connectivity index (χ1v) is 9.59. The number of carbonyl (C=O) groups is 2. The van der Waals surface area contributed by atoms with E-state index in [-0.39, 0.29) is 5.91 Å². The van der Waals surface area contributed by atoms with E-state index < -0.39 is 23.7 Å². The van der Waals surface area contributed by atoms with Gasteiger partial charge < -0.3 is 22.5 Å². The number of hydrogen-bond acceptors (Lipinski definition) is 6. The molecule has 3 aromatic rings. The topological polar surface area (TPSA) is 170 Å². The highest BCUT2D eigenvalue weighted by molar-refractivity contribution is 5.89. The Bertz CT molecular complexity index is 1020. The second-order valence-corrected chi connectivity index (χ2v) is 6.78. The molecule has 1 aromatic heterocycles. The Morgan fingerprint density at radius 3 is 1.94 bits per heavy atom. The van der Waals surface area contributed by atoms with Crippen LogP contribution in [0.1, 0.15) is 11.1 Å². The fourth-order valence-electron chi connectivity index (χ4n) is 2.69. The molecule has 0 fully saturated rings. The number of amides is 2. The fourth-order valence-corrected chi connectivity index (χ4v) is 2.69. The van der Waals surface area contributed by atoms with Crippen molar-refractivity contribution in [2.24, 2.45) is 11.5 Å². The first-order chi connectivity index (χ1) is 14.8. The normalized spacial score (nSPS) is 12.0. The molecule has 0 unspecified atom stereocenters. The van der Waals surface area contributed by atoms with Crippen molar-refractivity contribution in [2.75, 3.05) is 5.73 Å². The van der Waals surface area contributed by atoms with Gasteiger partial charge in [0.1, 0.15) is 11.9 Å². The largest absolute Gasteiger partial charge is 0.385 e. The van der Waals surface area contributed by atoms with E-state index in [2.05, 4.69) is 15.3 Å². The molecule has 2 amide bonds. The number of benzene rings is 2. The predicted molar refractivity (Wildman–Crippen MR) is 119 cm³/mol. The molecule has 1 heterocycles. The third kappa shape index (κ3) is 8.50. The van der Waals surface area contributed by atoms with Gasteiger partial charge in [0, 0.05) is 12.6 Å². The van der Waals surface area contributed by atoms with Crippen LogP contribution in [-0.4, -0.2) is 33.9 Å². The van der Waals surface area contributed by atoms with Gasteiger partial charge >= 0.3 is 5.69 Å². The number of nitrogen functional groups attached to an aromatic ring is 1. The van der Waals surface area contributed by atoms with Gasteiger partial charge in [-0.3, -0.25) is 14.6 Å². The van der Waals surface area contributed by atoms with Crippen molar-refractivity contribution in [1.29, 1.82) is 0 Å². The summed E-state index contributed by atoms with van der Waals surface area (Å²) in [6.45, 7) is 0. The molecule has 162 valence electrons. The van der Waals surface area contributed by atoms with Crippen molar-refractivity contribution in [3.8, 4) is 0 Å². The van der Waals surface area contributed by atoms with Crippen LogP contribution in [0.2, 0.25) is 0 Å². The maximum Gasteiger partial charge on any atom is 0.346 e. The van der Waals surface area contributed by atoms with Gasteiger partial charge in [-0.15, -0.1) is 0 Å². The Balaban J connectivity index is 0.000000357. The summed E-state index contributed by atoms with van der Waals surface area (Å²) in [5.41, 5.74) is 18.0.